The summed E-state index contributed by atoms with van der Waals surface area (Å²) in [4.78, 5) is 14.0. The average molecular weight is 263 g/mol. The first kappa shape index (κ1) is 13.7. The van der Waals surface area contributed by atoms with E-state index in [0.29, 0.717) is 6.04 Å². The first-order valence-corrected chi connectivity index (χ1v) is 6.59. The number of carbonyl (C=O) groups excluding carboxylic acids is 1. The summed E-state index contributed by atoms with van der Waals surface area (Å²) in [6.45, 7) is 1.95. The molecule has 1 heterocycles. The van der Waals surface area contributed by atoms with Crippen LogP contribution in [0, 0.1) is 0 Å². The summed E-state index contributed by atoms with van der Waals surface area (Å²) in [5, 5.41) is 6.20. The molecule has 2 rings (SSSR count). The van der Waals surface area contributed by atoms with E-state index in [1.165, 1.54) is 0 Å². The van der Waals surface area contributed by atoms with Gasteiger partial charge in [0.1, 0.15) is 5.75 Å². The summed E-state index contributed by atoms with van der Waals surface area (Å²) in [6.07, 6.45) is 2.00. The lowest BCUT2D eigenvalue weighted by molar-refractivity contribution is 0.189. The summed E-state index contributed by atoms with van der Waals surface area (Å²) in [7, 11) is 3.47. The minimum atomic E-state index is -0.0693. The van der Waals surface area contributed by atoms with Gasteiger partial charge in [-0.3, -0.25) is 0 Å². The molecule has 2 amide bonds. The van der Waals surface area contributed by atoms with E-state index < -0.39 is 0 Å². The van der Waals surface area contributed by atoms with Gasteiger partial charge in [-0.25, -0.2) is 4.79 Å². The number of piperidine rings is 1. The fourth-order valence-electron chi connectivity index (χ4n) is 2.27. The molecule has 2 N–H and O–H groups in total. The van der Waals surface area contributed by atoms with E-state index in [9.17, 15) is 4.79 Å². The van der Waals surface area contributed by atoms with Crippen LogP contribution in [0.1, 0.15) is 12.8 Å². The van der Waals surface area contributed by atoms with E-state index in [1.807, 2.05) is 31.3 Å². The molecule has 0 aliphatic carbocycles. The van der Waals surface area contributed by atoms with Crippen LogP contribution in [0.2, 0.25) is 0 Å². The van der Waals surface area contributed by atoms with E-state index in [0.717, 1.165) is 37.4 Å². The summed E-state index contributed by atoms with van der Waals surface area (Å²) < 4.78 is 5.14. The summed E-state index contributed by atoms with van der Waals surface area (Å²) in [6, 6.07) is 7.63. The Hall–Kier alpha value is -1.75. The highest BCUT2D eigenvalue weighted by atomic mass is 16.5. The molecule has 1 aliphatic rings. The third-order valence-corrected chi connectivity index (χ3v) is 3.50. The SMILES string of the molecule is COc1cccc(NC(=O)N(C)C2CCNCC2)c1. The molecule has 0 spiro atoms. The number of nitrogens with zero attached hydrogens (tertiary/aromatic N) is 1. The van der Waals surface area contributed by atoms with Crippen molar-refractivity contribution in [2.45, 2.75) is 18.9 Å². The maximum atomic E-state index is 12.2. The zero-order valence-corrected chi connectivity index (χ0v) is 11.5. The number of rotatable bonds is 3. The van der Waals surface area contributed by atoms with Gasteiger partial charge in [0.15, 0.2) is 0 Å². The number of hydrogen-bond donors (Lipinski definition) is 2. The molecule has 0 atom stereocenters. The maximum Gasteiger partial charge on any atom is 0.321 e. The second-order valence-corrected chi connectivity index (χ2v) is 4.75. The average Bonchev–Trinajstić information content (AvgIpc) is 2.47. The number of nitrogens with one attached hydrogen (secondary N) is 2. The lowest BCUT2D eigenvalue weighted by Gasteiger charge is -2.31. The van der Waals surface area contributed by atoms with Crippen molar-refractivity contribution in [3.05, 3.63) is 24.3 Å². The first-order valence-electron chi connectivity index (χ1n) is 6.59. The summed E-state index contributed by atoms with van der Waals surface area (Å²) >= 11 is 0. The Morgan fingerprint density at radius 3 is 2.84 bits per heavy atom. The van der Waals surface area contributed by atoms with Crippen LogP contribution in [0.15, 0.2) is 24.3 Å². The van der Waals surface area contributed by atoms with E-state index in [2.05, 4.69) is 10.6 Å². The fraction of sp³-hybridized carbons (Fsp3) is 0.500. The van der Waals surface area contributed by atoms with Crippen LogP contribution in [0.5, 0.6) is 5.75 Å². The van der Waals surface area contributed by atoms with Crippen molar-refractivity contribution in [1.29, 1.82) is 0 Å². The Morgan fingerprint density at radius 1 is 1.42 bits per heavy atom. The summed E-state index contributed by atoms with van der Waals surface area (Å²) in [5.41, 5.74) is 0.755. The normalized spacial score (nSPS) is 15.9. The lowest BCUT2D eigenvalue weighted by Crippen LogP contribution is -2.45. The third-order valence-electron chi connectivity index (χ3n) is 3.50. The van der Waals surface area contributed by atoms with E-state index in [-0.39, 0.29) is 6.03 Å². The molecule has 104 valence electrons. The molecule has 1 aliphatic heterocycles. The molecule has 19 heavy (non-hydrogen) atoms. The second-order valence-electron chi connectivity index (χ2n) is 4.75. The van der Waals surface area contributed by atoms with Gasteiger partial charge in [-0.05, 0) is 38.1 Å². The van der Waals surface area contributed by atoms with Crippen LogP contribution in [0.25, 0.3) is 0 Å². The second kappa shape index (κ2) is 6.43. The molecule has 0 aromatic heterocycles. The monoisotopic (exact) mass is 263 g/mol. The van der Waals surface area contributed by atoms with Crippen molar-refractivity contribution < 1.29 is 9.53 Å². The molecule has 1 aromatic carbocycles. The van der Waals surface area contributed by atoms with Gasteiger partial charge in [-0.1, -0.05) is 6.07 Å². The molecule has 0 radical (unpaired) electrons. The lowest BCUT2D eigenvalue weighted by atomic mass is 10.1. The molecular weight excluding hydrogens is 242 g/mol. The Kier molecular flexibility index (Phi) is 4.63. The van der Waals surface area contributed by atoms with Gasteiger partial charge in [-0.15, -0.1) is 0 Å². The summed E-state index contributed by atoms with van der Waals surface area (Å²) in [5.74, 6) is 0.738. The highest BCUT2D eigenvalue weighted by molar-refractivity contribution is 5.89. The van der Waals surface area contributed by atoms with Crippen molar-refractivity contribution >= 4 is 11.7 Å². The third kappa shape index (κ3) is 3.61. The Labute approximate surface area is 113 Å². The minimum Gasteiger partial charge on any atom is -0.497 e. The number of anilines is 1. The smallest absolute Gasteiger partial charge is 0.321 e. The highest BCUT2D eigenvalue weighted by Crippen LogP contribution is 2.18. The first-order chi connectivity index (χ1) is 9.20. The van der Waals surface area contributed by atoms with Crippen molar-refractivity contribution in [3.8, 4) is 5.75 Å². The van der Waals surface area contributed by atoms with Crippen molar-refractivity contribution in [1.82, 2.24) is 10.2 Å². The highest BCUT2D eigenvalue weighted by Gasteiger charge is 2.21. The molecule has 5 nitrogen and oxygen atoms in total. The molecule has 1 aromatic rings. The number of methoxy groups -OCH3 is 1. The van der Waals surface area contributed by atoms with Crippen molar-refractivity contribution in [2.75, 3.05) is 32.6 Å². The van der Waals surface area contributed by atoms with Crippen LogP contribution in [-0.2, 0) is 0 Å². The van der Waals surface area contributed by atoms with Crippen LogP contribution in [0.3, 0.4) is 0 Å². The van der Waals surface area contributed by atoms with E-state index >= 15 is 0 Å². The van der Waals surface area contributed by atoms with Crippen LogP contribution < -0.4 is 15.4 Å². The quantitative estimate of drug-likeness (QED) is 0.876. The Bertz CT molecular complexity index is 430. The minimum absolute atomic E-state index is 0.0693. The van der Waals surface area contributed by atoms with Crippen LogP contribution in [-0.4, -0.2) is 44.2 Å². The van der Waals surface area contributed by atoms with Gasteiger partial charge >= 0.3 is 6.03 Å². The van der Waals surface area contributed by atoms with Gasteiger partial charge < -0.3 is 20.3 Å². The van der Waals surface area contributed by atoms with Gasteiger partial charge in [0.05, 0.1) is 7.11 Å². The standard InChI is InChI=1S/C14H21N3O2/c1-17(12-6-8-15-9-7-12)14(18)16-11-4-3-5-13(10-11)19-2/h3-5,10,12,15H,6-9H2,1-2H3,(H,16,18). The molecule has 5 heteroatoms. The molecular formula is C14H21N3O2. The molecule has 1 fully saturated rings. The van der Waals surface area contributed by atoms with Crippen molar-refractivity contribution in [3.63, 3.8) is 0 Å². The van der Waals surface area contributed by atoms with Gasteiger partial charge in [0.2, 0.25) is 0 Å². The Balaban J connectivity index is 1.95. The number of hydrogen-bond acceptors (Lipinski definition) is 3. The Morgan fingerprint density at radius 2 is 2.16 bits per heavy atom. The van der Waals surface area contributed by atoms with Crippen LogP contribution in [0.4, 0.5) is 10.5 Å². The molecule has 0 saturated carbocycles. The molecule has 0 bridgehead atoms. The number of ether oxygens (including phenoxy) is 1. The zero-order chi connectivity index (χ0) is 13.7. The molecule has 0 unspecified atom stereocenters. The van der Waals surface area contributed by atoms with E-state index in [4.69, 9.17) is 4.74 Å². The van der Waals surface area contributed by atoms with Gasteiger partial charge in [0.25, 0.3) is 0 Å². The van der Waals surface area contributed by atoms with Gasteiger partial charge in [0, 0.05) is 24.8 Å². The van der Waals surface area contributed by atoms with E-state index in [1.54, 1.807) is 12.0 Å². The largest absolute Gasteiger partial charge is 0.497 e. The van der Waals surface area contributed by atoms with Gasteiger partial charge in [-0.2, -0.15) is 0 Å². The number of benzene rings is 1. The predicted octanol–water partition coefficient (Wildman–Crippen LogP) is 1.91. The topological polar surface area (TPSA) is 53.6 Å². The van der Waals surface area contributed by atoms with Crippen molar-refractivity contribution in [2.24, 2.45) is 0 Å². The predicted molar refractivity (Wildman–Crippen MR) is 75.7 cm³/mol. The fourth-order valence-corrected chi connectivity index (χ4v) is 2.27. The zero-order valence-electron chi connectivity index (χ0n) is 11.5. The number of urea groups is 1. The van der Waals surface area contributed by atoms with Crippen LogP contribution >= 0.6 is 0 Å². The number of amides is 2. The maximum absolute atomic E-state index is 12.2. The number of carbonyl (C=O) groups is 1. The molecule has 1 saturated heterocycles.